The first kappa shape index (κ1) is 19.9. The molecule has 7 nitrogen and oxygen atoms in total. The second kappa shape index (κ2) is 8.61. The molecule has 1 amide bonds. The summed E-state index contributed by atoms with van der Waals surface area (Å²) in [6.45, 7) is 9.97. The monoisotopic (exact) mass is 331 g/mol. The first-order valence-electron chi connectivity index (χ1n) is 7.92. The van der Waals surface area contributed by atoms with Gasteiger partial charge in [-0.3, -0.25) is 4.90 Å². The lowest BCUT2D eigenvalue weighted by molar-refractivity contribution is -0.132. The summed E-state index contributed by atoms with van der Waals surface area (Å²) in [5.41, 5.74) is -0.472. The van der Waals surface area contributed by atoms with Crippen LogP contribution in [0.15, 0.2) is 0 Å². The number of methoxy groups -OCH3 is 1. The van der Waals surface area contributed by atoms with Crippen LogP contribution in [0.4, 0.5) is 4.79 Å². The van der Waals surface area contributed by atoms with Gasteiger partial charge < -0.3 is 18.9 Å². The van der Waals surface area contributed by atoms with Crippen LogP contribution in [0.3, 0.4) is 0 Å². The molecular weight excluding hydrogens is 302 g/mol. The zero-order valence-corrected chi connectivity index (χ0v) is 14.8. The first-order valence-corrected chi connectivity index (χ1v) is 7.92. The zero-order chi connectivity index (χ0) is 17.5. The van der Waals surface area contributed by atoms with Crippen molar-refractivity contribution in [1.29, 1.82) is 0 Å². The molecule has 1 aliphatic rings. The highest BCUT2D eigenvalue weighted by molar-refractivity contribution is 5.92. The van der Waals surface area contributed by atoms with Gasteiger partial charge in [0.15, 0.2) is 0 Å². The molecular formula is C16H29NO6. The van der Waals surface area contributed by atoms with Gasteiger partial charge in [0.1, 0.15) is 6.54 Å². The Hall–Kier alpha value is -1.18. The number of carbonyl (C=O) groups excluding carboxylic acids is 2. The van der Waals surface area contributed by atoms with Crippen LogP contribution < -0.4 is 0 Å². The number of esters is 1. The van der Waals surface area contributed by atoms with Crippen molar-refractivity contribution < 1.29 is 28.5 Å². The summed E-state index contributed by atoms with van der Waals surface area (Å²) in [5.74, 6) is -0.511. The van der Waals surface area contributed by atoms with Crippen molar-refractivity contribution in [3.63, 3.8) is 0 Å². The summed E-state index contributed by atoms with van der Waals surface area (Å²) in [7, 11) is 1.70. The van der Waals surface area contributed by atoms with E-state index in [0.717, 1.165) is 12.8 Å². The lowest BCUT2D eigenvalue weighted by Crippen LogP contribution is -2.32. The number of carbonyl (C=O) groups is 2. The van der Waals surface area contributed by atoms with Crippen LogP contribution in [0.1, 0.15) is 40.5 Å². The maximum atomic E-state index is 11.2. The number of hydrogen-bond donors (Lipinski definition) is 0. The lowest BCUT2D eigenvalue weighted by atomic mass is 10.0. The predicted molar refractivity (Wildman–Crippen MR) is 84.2 cm³/mol. The second-order valence-corrected chi connectivity index (χ2v) is 6.85. The van der Waals surface area contributed by atoms with Gasteiger partial charge in [0.25, 0.3) is 0 Å². The van der Waals surface area contributed by atoms with Gasteiger partial charge >= 0.3 is 12.1 Å². The fourth-order valence-corrected chi connectivity index (χ4v) is 1.93. The molecule has 0 radical (unpaired) electrons. The highest BCUT2D eigenvalue weighted by atomic mass is 16.6. The maximum Gasteiger partial charge on any atom is 0.418 e. The second-order valence-electron chi connectivity index (χ2n) is 6.85. The quantitative estimate of drug-likeness (QED) is 0.327. The van der Waals surface area contributed by atoms with Gasteiger partial charge in [-0.25, -0.2) is 9.59 Å². The smallest absolute Gasteiger partial charge is 0.379 e. The average Bonchev–Trinajstić information content (AvgIpc) is 2.76. The average molecular weight is 331 g/mol. The van der Waals surface area contributed by atoms with E-state index in [9.17, 15) is 9.59 Å². The molecule has 0 atom stereocenters. The summed E-state index contributed by atoms with van der Waals surface area (Å²) < 4.78 is 21.2. The fourth-order valence-electron chi connectivity index (χ4n) is 1.93. The number of ether oxygens (including phenoxy) is 4. The molecule has 0 spiro atoms. The van der Waals surface area contributed by atoms with Gasteiger partial charge in [0, 0.05) is 20.3 Å². The van der Waals surface area contributed by atoms with Gasteiger partial charge in [-0.2, -0.15) is 0 Å². The highest BCUT2D eigenvalue weighted by Gasteiger charge is 2.29. The van der Waals surface area contributed by atoms with Crippen LogP contribution in [-0.2, 0) is 23.7 Å². The molecule has 1 saturated heterocycles. The summed E-state index contributed by atoms with van der Waals surface area (Å²) in [6.07, 6.45) is 0.964. The third-order valence-corrected chi connectivity index (χ3v) is 3.88. The number of hydrogen-bond acceptors (Lipinski definition) is 6. The third-order valence-electron chi connectivity index (χ3n) is 3.88. The summed E-state index contributed by atoms with van der Waals surface area (Å²) in [4.78, 5) is 23.5. The van der Waals surface area contributed by atoms with Crippen molar-refractivity contribution in [2.45, 2.75) is 51.7 Å². The molecule has 23 heavy (non-hydrogen) atoms. The normalized spacial score (nSPS) is 16.1. The van der Waals surface area contributed by atoms with Crippen LogP contribution in [0.2, 0.25) is 0 Å². The van der Waals surface area contributed by atoms with Crippen LogP contribution in [0, 0.1) is 0 Å². The van der Waals surface area contributed by atoms with E-state index >= 15 is 0 Å². The Bertz CT molecular complexity index is 407. The van der Waals surface area contributed by atoms with Crippen LogP contribution >= 0.6 is 0 Å². The molecule has 1 rings (SSSR count). The summed E-state index contributed by atoms with van der Waals surface area (Å²) in [6, 6.07) is 0. The predicted octanol–water partition coefficient (Wildman–Crippen LogP) is 1.98. The van der Waals surface area contributed by atoms with Crippen molar-refractivity contribution in [1.82, 2.24) is 4.90 Å². The van der Waals surface area contributed by atoms with Gasteiger partial charge in [-0.1, -0.05) is 0 Å². The van der Waals surface area contributed by atoms with E-state index < -0.39 is 12.1 Å². The lowest BCUT2D eigenvalue weighted by Gasteiger charge is -2.28. The van der Waals surface area contributed by atoms with Crippen molar-refractivity contribution in [2.75, 3.05) is 40.0 Å². The SMILES string of the molecule is COC(C)(C)CCOC(C)(C)CCOCCN1CC(=O)OC1=O. The number of nitrogens with zero attached hydrogens (tertiary/aromatic N) is 1. The molecule has 0 aliphatic carbocycles. The fraction of sp³-hybridized carbons (Fsp3) is 0.875. The Morgan fingerprint density at radius 1 is 1.04 bits per heavy atom. The minimum atomic E-state index is -0.594. The van der Waals surface area contributed by atoms with Crippen molar-refractivity contribution in [3.05, 3.63) is 0 Å². The largest absolute Gasteiger partial charge is 0.418 e. The third kappa shape index (κ3) is 7.76. The Balaban J connectivity index is 2.11. The van der Waals surface area contributed by atoms with Crippen LogP contribution in [0.5, 0.6) is 0 Å². The van der Waals surface area contributed by atoms with Crippen molar-refractivity contribution in [2.24, 2.45) is 0 Å². The van der Waals surface area contributed by atoms with E-state index in [1.807, 2.05) is 27.7 Å². The molecule has 0 aromatic heterocycles. The topological polar surface area (TPSA) is 74.3 Å². The van der Waals surface area contributed by atoms with Crippen LogP contribution in [0.25, 0.3) is 0 Å². The Morgan fingerprint density at radius 2 is 1.70 bits per heavy atom. The van der Waals surface area contributed by atoms with Gasteiger partial charge in [-0.05, 0) is 40.5 Å². The standard InChI is InChI=1S/C16H29NO6/c1-15(2,20-5)7-10-22-16(3,4)6-9-21-11-8-17-12-13(18)23-14(17)19/h6-12H2,1-5H3. The molecule has 7 heteroatoms. The van der Waals surface area contributed by atoms with Gasteiger partial charge in [0.2, 0.25) is 0 Å². The Labute approximate surface area is 138 Å². The van der Waals surface area contributed by atoms with Gasteiger partial charge in [-0.15, -0.1) is 0 Å². The van der Waals surface area contributed by atoms with E-state index in [2.05, 4.69) is 4.74 Å². The number of cyclic esters (lactones) is 2. The molecule has 0 aromatic carbocycles. The van der Waals surface area contributed by atoms with Crippen molar-refractivity contribution >= 4 is 12.1 Å². The van der Waals surface area contributed by atoms with E-state index in [-0.39, 0.29) is 17.7 Å². The number of amides is 1. The summed E-state index contributed by atoms with van der Waals surface area (Å²) >= 11 is 0. The molecule has 1 fully saturated rings. The molecule has 0 aromatic rings. The van der Waals surface area contributed by atoms with E-state index in [1.54, 1.807) is 7.11 Å². The molecule has 134 valence electrons. The first-order chi connectivity index (χ1) is 10.7. The minimum Gasteiger partial charge on any atom is -0.379 e. The Morgan fingerprint density at radius 3 is 2.26 bits per heavy atom. The zero-order valence-electron chi connectivity index (χ0n) is 14.8. The molecule has 1 aliphatic heterocycles. The van der Waals surface area contributed by atoms with E-state index in [4.69, 9.17) is 14.2 Å². The highest BCUT2D eigenvalue weighted by Crippen LogP contribution is 2.19. The van der Waals surface area contributed by atoms with Gasteiger partial charge in [0.05, 0.1) is 24.4 Å². The number of rotatable bonds is 11. The molecule has 0 saturated carbocycles. The van der Waals surface area contributed by atoms with E-state index in [0.29, 0.717) is 26.4 Å². The molecule has 1 heterocycles. The van der Waals surface area contributed by atoms with Crippen LogP contribution in [-0.4, -0.2) is 68.2 Å². The van der Waals surface area contributed by atoms with Crippen molar-refractivity contribution in [3.8, 4) is 0 Å². The minimum absolute atomic E-state index is 0.00603. The maximum absolute atomic E-state index is 11.2. The molecule has 0 bridgehead atoms. The Kier molecular flexibility index (Phi) is 7.44. The molecule has 0 unspecified atom stereocenters. The summed E-state index contributed by atoms with van der Waals surface area (Å²) in [5, 5.41) is 0. The van der Waals surface area contributed by atoms with E-state index in [1.165, 1.54) is 4.90 Å². The molecule has 0 N–H and O–H groups in total.